The molecule has 0 unspecified atom stereocenters. The molecule has 3 rings (SSSR count). The number of carboxylic acids is 1. The van der Waals surface area contributed by atoms with Crippen molar-refractivity contribution in [1.82, 2.24) is 9.38 Å². The molecule has 78 valence electrons. The van der Waals surface area contributed by atoms with Crippen LogP contribution in [0.4, 0.5) is 0 Å². The smallest absolute Gasteiger partial charge is 0.308 e. The summed E-state index contributed by atoms with van der Waals surface area (Å²) in [6.07, 6.45) is 6.28. The lowest BCUT2D eigenvalue weighted by atomic mass is 10.4. The summed E-state index contributed by atoms with van der Waals surface area (Å²) < 4.78 is 2.04. The molecular weight excluding hydrogens is 212 g/mol. The van der Waals surface area contributed by atoms with Gasteiger partial charge in [0.15, 0.2) is 0 Å². The van der Waals surface area contributed by atoms with Crippen molar-refractivity contribution in [3.63, 3.8) is 0 Å². The Hall–Kier alpha value is -1.36. The van der Waals surface area contributed by atoms with Crippen molar-refractivity contribution in [2.75, 3.05) is 0 Å². The molecule has 0 aliphatic heterocycles. The molecule has 0 radical (unpaired) electrons. The van der Waals surface area contributed by atoms with Gasteiger partial charge in [0.05, 0.1) is 12.6 Å². The van der Waals surface area contributed by atoms with Crippen LogP contribution in [-0.4, -0.2) is 20.5 Å². The highest BCUT2D eigenvalue weighted by Gasteiger charge is 2.28. The number of aromatic nitrogens is 2. The van der Waals surface area contributed by atoms with Gasteiger partial charge in [0.1, 0.15) is 10.7 Å². The largest absolute Gasteiger partial charge is 0.481 e. The van der Waals surface area contributed by atoms with Crippen LogP contribution in [0, 0.1) is 0 Å². The molecule has 0 bridgehead atoms. The van der Waals surface area contributed by atoms with Gasteiger partial charge in [0, 0.05) is 17.0 Å². The van der Waals surface area contributed by atoms with Gasteiger partial charge in [-0.25, -0.2) is 4.98 Å². The average molecular weight is 222 g/mol. The van der Waals surface area contributed by atoms with E-state index in [-0.39, 0.29) is 6.42 Å². The minimum absolute atomic E-state index is 0.108. The first kappa shape index (κ1) is 8.91. The highest BCUT2D eigenvalue weighted by molar-refractivity contribution is 7.17. The molecule has 2 heterocycles. The maximum Gasteiger partial charge on any atom is 0.308 e. The highest BCUT2D eigenvalue weighted by atomic mass is 32.1. The van der Waals surface area contributed by atoms with Crippen molar-refractivity contribution in [1.29, 1.82) is 0 Å². The summed E-state index contributed by atoms with van der Waals surface area (Å²) >= 11 is 1.51. The summed E-state index contributed by atoms with van der Waals surface area (Å²) in [4.78, 5) is 16.9. The summed E-state index contributed by atoms with van der Waals surface area (Å²) in [7, 11) is 0. The van der Waals surface area contributed by atoms with Gasteiger partial charge in [-0.1, -0.05) is 0 Å². The molecule has 2 aromatic rings. The first-order valence-electron chi connectivity index (χ1n) is 4.91. The van der Waals surface area contributed by atoms with Crippen molar-refractivity contribution in [2.45, 2.75) is 25.2 Å². The first-order valence-corrected chi connectivity index (χ1v) is 5.73. The molecule has 1 saturated carbocycles. The molecule has 15 heavy (non-hydrogen) atoms. The molecule has 1 fully saturated rings. The fourth-order valence-electron chi connectivity index (χ4n) is 1.74. The lowest BCUT2D eigenvalue weighted by Gasteiger charge is -1.92. The monoisotopic (exact) mass is 222 g/mol. The fourth-order valence-corrected chi connectivity index (χ4v) is 2.72. The number of thiazole rings is 1. The summed E-state index contributed by atoms with van der Waals surface area (Å²) in [5.74, 6) is 0.915. The third kappa shape index (κ3) is 1.52. The average Bonchev–Trinajstić information content (AvgIpc) is 2.80. The van der Waals surface area contributed by atoms with Gasteiger partial charge in [0.2, 0.25) is 0 Å². The molecule has 1 aliphatic carbocycles. The first-order chi connectivity index (χ1) is 7.24. The molecule has 0 aromatic carbocycles. The predicted molar refractivity (Wildman–Crippen MR) is 56.4 cm³/mol. The zero-order valence-corrected chi connectivity index (χ0v) is 8.83. The van der Waals surface area contributed by atoms with E-state index in [1.54, 1.807) is 0 Å². The predicted octanol–water partition coefficient (Wildman–Crippen LogP) is 1.90. The Balaban J connectivity index is 2.02. The molecule has 1 aliphatic rings. The Morgan fingerprint density at radius 2 is 2.47 bits per heavy atom. The maximum atomic E-state index is 10.6. The number of carboxylic acid groups (broad SMARTS) is 1. The van der Waals surface area contributed by atoms with Gasteiger partial charge >= 0.3 is 5.97 Å². The lowest BCUT2D eigenvalue weighted by molar-refractivity contribution is -0.136. The molecule has 5 heteroatoms. The van der Waals surface area contributed by atoms with Crippen LogP contribution < -0.4 is 0 Å². The summed E-state index contributed by atoms with van der Waals surface area (Å²) in [5.41, 5.74) is 0. The van der Waals surface area contributed by atoms with Crippen molar-refractivity contribution < 1.29 is 9.90 Å². The van der Waals surface area contributed by atoms with E-state index >= 15 is 0 Å². The van der Waals surface area contributed by atoms with E-state index in [9.17, 15) is 4.79 Å². The zero-order valence-electron chi connectivity index (χ0n) is 8.01. The Morgan fingerprint density at radius 3 is 3.13 bits per heavy atom. The third-order valence-electron chi connectivity index (χ3n) is 2.57. The van der Waals surface area contributed by atoms with Gasteiger partial charge in [-0.15, -0.1) is 11.3 Å². The zero-order chi connectivity index (χ0) is 10.4. The SMILES string of the molecule is O=C(O)Cc1cn2c(C3CC3)ncc2s1. The summed E-state index contributed by atoms with van der Waals surface area (Å²) in [6.45, 7) is 0. The normalized spacial score (nSPS) is 16.0. The molecular formula is C10H10N2O2S. The summed E-state index contributed by atoms with van der Waals surface area (Å²) in [5, 5.41) is 8.70. The van der Waals surface area contributed by atoms with Crippen LogP contribution in [0.3, 0.4) is 0 Å². The van der Waals surface area contributed by atoms with Crippen LogP contribution in [0.25, 0.3) is 4.83 Å². The van der Waals surface area contributed by atoms with E-state index in [1.165, 1.54) is 24.2 Å². The van der Waals surface area contributed by atoms with Crippen LogP contribution in [-0.2, 0) is 11.2 Å². The molecule has 0 spiro atoms. The second kappa shape index (κ2) is 3.06. The number of fused-ring (bicyclic) bond motifs is 1. The third-order valence-corrected chi connectivity index (χ3v) is 3.59. The van der Waals surface area contributed by atoms with Gasteiger partial charge in [0.25, 0.3) is 0 Å². The van der Waals surface area contributed by atoms with Crippen molar-refractivity contribution in [2.24, 2.45) is 0 Å². The van der Waals surface area contributed by atoms with E-state index in [0.29, 0.717) is 5.92 Å². The minimum Gasteiger partial charge on any atom is -0.481 e. The second-order valence-corrected chi connectivity index (χ2v) is 5.01. The number of hydrogen-bond acceptors (Lipinski definition) is 3. The maximum absolute atomic E-state index is 10.6. The molecule has 0 amide bonds. The van der Waals surface area contributed by atoms with Crippen molar-refractivity contribution >= 4 is 22.1 Å². The Morgan fingerprint density at radius 1 is 1.67 bits per heavy atom. The number of aliphatic carboxylic acids is 1. The molecule has 0 saturated heterocycles. The molecule has 1 N–H and O–H groups in total. The Kier molecular flexibility index (Phi) is 1.82. The lowest BCUT2D eigenvalue weighted by Crippen LogP contribution is -1.98. The number of imidazole rings is 1. The molecule has 0 atom stereocenters. The fraction of sp³-hybridized carbons (Fsp3) is 0.400. The number of hydrogen-bond donors (Lipinski definition) is 1. The van der Waals surface area contributed by atoms with Crippen LogP contribution in [0.1, 0.15) is 29.5 Å². The molecule has 4 nitrogen and oxygen atoms in total. The topological polar surface area (TPSA) is 54.6 Å². The quantitative estimate of drug-likeness (QED) is 0.863. The number of nitrogens with zero attached hydrogens (tertiary/aromatic N) is 2. The van der Waals surface area contributed by atoms with Crippen molar-refractivity contribution in [3.05, 3.63) is 23.1 Å². The summed E-state index contributed by atoms with van der Waals surface area (Å²) in [6, 6.07) is 0. The minimum atomic E-state index is -0.777. The standard InChI is InChI=1S/C10H10N2O2S/c13-9(14)3-7-5-12-8(15-7)4-11-10(12)6-1-2-6/h4-6H,1-3H2,(H,13,14). The Bertz CT molecular complexity index is 524. The number of carbonyl (C=O) groups is 1. The van der Waals surface area contributed by atoms with Gasteiger partial charge in [-0.2, -0.15) is 0 Å². The van der Waals surface area contributed by atoms with Crippen LogP contribution >= 0.6 is 11.3 Å². The van der Waals surface area contributed by atoms with E-state index in [1.807, 2.05) is 16.8 Å². The van der Waals surface area contributed by atoms with Gasteiger partial charge in [-0.05, 0) is 12.8 Å². The van der Waals surface area contributed by atoms with E-state index in [2.05, 4.69) is 4.98 Å². The van der Waals surface area contributed by atoms with Gasteiger partial charge in [-0.3, -0.25) is 9.20 Å². The molecule has 2 aromatic heterocycles. The highest BCUT2D eigenvalue weighted by Crippen LogP contribution is 2.40. The van der Waals surface area contributed by atoms with E-state index < -0.39 is 5.97 Å². The van der Waals surface area contributed by atoms with Crippen LogP contribution in [0.2, 0.25) is 0 Å². The van der Waals surface area contributed by atoms with E-state index in [4.69, 9.17) is 5.11 Å². The van der Waals surface area contributed by atoms with Crippen molar-refractivity contribution in [3.8, 4) is 0 Å². The van der Waals surface area contributed by atoms with E-state index in [0.717, 1.165) is 15.5 Å². The number of rotatable bonds is 3. The van der Waals surface area contributed by atoms with Crippen LogP contribution in [0.15, 0.2) is 12.4 Å². The second-order valence-electron chi connectivity index (χ2n) is 3.87. The Labute approximate surface area is 90.2 Å². The van der Waals surface area contributed by atoms with Gasteiger partial charge < -0.3 is 5.11 Å². The van der Waals surface area contributed by atoms with Crippen LogP contribution in [0.5, 0.6) is 0 Å².